The Morgan fingerprint density at radius 2 is 2.09 bits per heavy atom. The lowest BCUT2D eigenvalue weighted by Gasteiger charge is -2.37. The van der Waals surface area contributed by atoms with Gasteiger partial charge in [-0.15, -0.1) is 12.4 Å². The average molecular weight is 327 g/mol. The summed E-state index contributed by atoms with van der Waals surface area (Å²) in [4.78, 5) is 12.6. The van der Waals surface area contributed by atoms with Crippen LogP contribution < -0.4 is 10.6 Å². The number of halogens is 2. The van der Waals surface area contributed by atoms with Gasteiger partial charge in [-0.05, 0) is 49.4 Å². The van der Waals surface area contributed by atoms with E-state index < -0.39 is 0 Å². The molecule has 0 unspecified atom stereocenters. The van der Waals surface area contributed by atoms with Gasteiger partial charge in [0.05, 0.1) is 5.41 Å². The number of hydrogen-bond donors (Lipinski definition) is 2. The fourth-order valence-electron chi connectivity index (χ4n) is 3.84. The Hall–Kier alpha value is -1.13. The highest BCUT2D eigenvalue weighted by Crippen LogP contribution is 2.43. The van der Waals surface area contributed by atoms with Gasteiger partial charge in [-0.25, -0.2) is 4.39 Å². The van der Waals surface area contributed by atoms with E-state index in [0.717, 1.165) is 37.9 Å². The lowest BCUT2D eigenvalue weighted by atomic mass is 9.67. The number of carbonyl (C=O) groups excluding carboxylic acids is 1. The number of carbonyl (C=O) groups is 1. The van der Waals surface area contributed by atoms with Crippen molar-refractivity contribution in [1.29, 1.82) is 0 Å². The summed E-state index contributed by atoms with van der Waals surface area (Å²) in [5.41, 5.74) is 0.875. The van der Waals surface area contributed by atoms with E-state index in [0.29, 0.717) is 12.5 Å². The normalized spacial score (nSPS) is 26.9. The van der Waals surface area contributed by atoms with Crippen molar-refractivity contribution >= 4 is 18.3 Å². The first-order chi connectivity index (χ1) is 10.2. The molecule has 3 rings (SSSR count). The van der Waals surface area contributed by atoms with Crippen LogP contribution in [0.15, 0.2) is 24.3 Å². The summed E-state index contributed by atoms with van der Waals surface area (Å²) in [7, 11) is 0. The van der Waals surface area contributed by atoms with E-state index in [1.165, 1.54) is 25.0 Å². The van der Waals surface area contributed by atoms with Gasteiger partial charge in [0.25, 0.3) is 0 Å². The van der Waals surface area contributed by atoms with Crippen LogP contribution in [0.25, 0.3) is 0 Å². The molecule has 22 heavy (non-hydrogen) atoms. The number of rotatable bonds is 4. The fraction of sp³-hybridized carbons (Fsp3) is 0.588. The van der Waals surface area contributed by atoms with E-state index in [1.54, 1.807) is 12.1 Å². The maximum absolute atomic E-state index is 12.8. The van der Waals surface area contributed by atoms with Crippen molar-refractivity contribution in [1.82, 2.24) is 10.6 Å². The molecule has 1 heterocycles. The number of hydrogen-bond acceptors (Lipinski definition) is 2. The van der Waals surface area contributed by atoms with Crippen molar-refractivity contribution in [3.8, 4) is 0 Å². The highest BCUT2D eigenvalue weighted by Gasteiger charge is 2.49. The van der Waals surface area contributed by atoms with Gasteiger partial charge in [-0.1, -0.05) is 25.0 Å². The highest BCUT2D eigenvalue weighted by atomic mass is 35.5. The van der Waals surface area contributed by atoms with Crippen LogP contribution in [0.5, 0.6) is 0 Å². The Labute approximate surface area is 137 Å². The Morgan fingerprint density at radius 3 is 2.86 bits per heavy atom. The third-order valence-electron chi connectivity index (χ3n) is 5.10. The average Bonchev–Trinajstić information content (AvgIpc) is 2.94. The summed E-state index contributed by atoms with van der Waals surface area (Å²) in [6, 6.07) is 6.49. The minimum atomic E-state index is -0.219. The Morgan fingerprint density at radius 1 is 1.32 bits per heavy atom. The third-order valence-corrected chi connectivity index (χ3v) is 5.10. The highest BCUT2D eigenvalue weighted by molar-refractivity contribution is 5.85. The van der Waals surface area contributed by atoms with Crippen molar-refractivity contribution in [3.63, 3.8) is 0 Å². The van der Waals surface area contributed by atoms with Gasteiger partial charge >= 0.3 is 0 Å². The monoisotopic (exact) mass is 326 g/mol. The molecule has 1 saturated heterocycles. The van der Waals surface area contributed by atoms with E-state index in [-0.39, 0.29) is 29.5 Å². The Bertz CT molecular complexity index is 508. The molecule has 1 amide bonds. The zero-order chi connectivity index (χ0) is 14.7. The van der Waals surface area contributed by atoms with Crippen molar-refractivity contribution in [2.45, 2.75) is 32.1 Å². The Kier molecular flexibility index (Phi) is 5.81. The van der Waals surface area contributed by atoms with E-state index in [4.69, 9.17) is 0 Å². The first-order valence-electron chi connectivity index (χ1n) is 7.94. The molecule has 0 aromatic heterocycles. The minimum absolute atomic E-state index is 0. The molecule has 0 bridgehead atoms. The second-order valence-corrected chi connectivity index (χ2v) is 6.36. The molecule has 0 radical (unpaired) electrons. The smallest absolute Gasteiger partial charge is 0.227 e. The third kappa shape index (κ3) is 3.44. The van der Waals surface area contributed by atoms with Crippen LogP contribution >= 0.6 is 12.4 Å². The quantitative estimate of drug-likeness (QED) is 0.893. The van der Waals surface area contributed by atoms with Crippen LogP contribution in [-0.4, -0.2) is 25.5 Å². The van der Waals surface area contributed by atoms with E-state index >= 15 is 0 Å². The predicted octanol–water partition coefficient (Wildman–Crippen LogP) is 2.69. The summed E-state index contributed by atoms with van der Waals surface area (Å²) in [5.74, 6) is 0.486. The second-order valence-electron chi connectivity index (χ2n) is 6.36. The lowest BCUT2D eigenvalue weighted by molar-refractivity contribution is -0.133. The molecule has 3 nitrogen and oxygen atoms in total. The number of amides is 1. The maximum Gasteiger partial charge on any atom is 0.227 e. The molecule has 1 aliphatic carbocycles. The number of fused-ring (bicyclic) bond motifs is 1. The van der Waals surface area contributed by atoms with Crippen LogP contribution in [0.1, 0.15) is 31.2 Å². The van der Waals surface area contributed by atoms with E-state index in [1.807, 2.05) is 0 Å². The summed E-state index contributed by atoms with van der Waals surface area (Å²) >= 11 is 0. The van der Waals surface area contributed by atoms with E-state index in [9.17, 15) is 9.18 Å². The van der Waals surface area contributed by atoms with Gasteiger partial charge in [0.15, 0.2) is 0 Å². The lowest BCUT2D eigenvalue weighted by Crippen LogP contribution is -2.48. The van der Waals surface area contributed by atoms with Crippen LogP contribution in [0.2, 0.25) is 0 Å². The van der Waals surface area contributed by atoms with Gasteiger partial charge in [-0.2, -0.15) is 0 Å². The molecule has 2 fully saturated rings. The van der Waals surface area contributed by atoms with Crippen molar-refractivity contribution in [2.75, 3.05) is 19.6 Å². The molecule has 5 heteroatoms. The Balaban J connectivity index is 0.00000176. The van der Waals surface area contributed by atoms with Crippen molar-refractivity contribution in [3.05, 3.63) is 35.6 Å². The van der Waals surface area contributed by atoms with Gasteiger partial charge in [0.1, 0.15) is 5.82 Å². The summed E-state index contributed by atoms with van der Waals surface area (Å²) < 4.78 is 12.8. The summed E-state index contributed by atoms with van der Waals surface area (Å²) in [6.45, 7) is 2.42. The van der Waals surface area contributed by atoms with Gasteiger partial charge in [0.2, 0.25) is 5.91 Å². The summed E-state index contributed by atoms with van der Waals surface area (Å²) in [5, 5.41) is 6.50. The van der Waals surface area contributed by atoms with Crippen molar-refractivity contribution in [2.24, 2.45) is 11.3 Å². The molecule has 2 N–H and O–H groups in total. The second kappa shape index (κ2) is 7.42. The molecule has 1 aromatic carbocycles. The van der Waals surface area contributed by atoms with Crippen LogP contribution in [-0.2, 0) is 11.2 Å². The van der Waals surface area contributed by atoms with Gasteiger partial charge in [0, 0.05) is 13.1 Å². The molecular weight excluding hydrogens is 303 g/mol. The van der Waals surface area contributed by atoms with Gasteiger partial charge in [-0.3, -0.25) is 4.79 Å². The molecule has 122 valence electrons. The minimum Gasteiger partial charge on any atom is -0.355 e. The SMILES string of the molecule is Cl.O=C(NCCc1ccc(F)cc1)[C@@]12CCCC[C@H]1CNC2. The first-order valence-corrected chi connectivity index (χ1v) is 7.94. The molecule has 1 aliphatic heterocycles. The van der Waals surface area contributed by atoms with Crippen LogP contribution in [0, 0.1) is 17.2 Å². The largest absolute Gasteiger partial charge is 0.355 e. The number of nitrogens with one attached hydrogen (secondary N) is 2. The zero-order valence-corrected chi connectivity index (χ0v) is 13.6. The van der Waals surface area contributed by atoms with Crippen LogP contribution in [0.3, 0.4) is 0 Å². The predicted molar refractivity (Wildman–Crippen MR) is 87.6 cm³/mol. The molecule has 2 atom stereocenters. The fourth-order valence-corrected chi connectivity index (χ4v) is 3.84. The topological polar surface area (TPSA) is 41.1 Å². The van der Waals surface area contributed by atoms with Gasteiger partial charge < -0.3 is 10.6 Å². The molecule has 0 spiro atoms. The van der Waals surface area contributed by atoms with Crippen molar-refractivity contribution < 1.29 is 9.18 Å². The molecule has 1 saturated carbocycles. The standard InChI is InChI=1S/C17H23FN2O.ClH/c18-15-6-4-13(5-7-15)8-10-20-16(21)17-9-2-1-3-14(17)11-19-12-17;/h4-7,14,19H,1-3,8-12H2,(H,20,21);1H/t14-,17+;/m0./s1. The molecular formula is C17H24ClFN2O. The summed E-state index contributed by atoms with van der Waals surface area (Å²) in [6.07, 6.45) is 5.33. The molecule has 2 aliphatic rings. The maximum atomic E-state index is 12.8. The first kappa shape index (κ1) is 17.2. The van der Waals surface area contributed by atoms with Crippen LogP contribution in [0.4, 0.5) is 4.39 Å². The zero-order valence-electron chi connectivity index (χ0n) is 12.7. The molecule has 1 aromatic rings. The van der Waals surface area contributed by atoms with E-state index in [2.05, 4.69) is 10.6 Å². The number of benzene rings is 1.